The summed E-state index contributed by atoms with van der Waals surface area (Å²) >= 11 is 0. The molecular weight excluding hydrogens is 398 g/mol. The van der Waals surface area contributed by atoms with E-state index in [0.717, 1.165) is 37.0 Å². The number of carbonyl (C=O) groups excluding carboxylic acids is 1. The van der Waals surface area contributed by atoms with Gasteiger partial charge in [0.15, 0.2) is 9.84 Å². The van der Waals surface area contributed by atoms with E-state index < -0.39 is 9.84 Å². The number of unbranched alkanes of at least 4 members (excludes halogenated alkanes) is 2. The highest BCUT2D eigenvalue weighted by Crippen LogP contribution is 2.26. The number of ether oxygens (including phenoxy) is 1. The van der Waals surface area contributed by atoms with Crippen molar-refractivity contribution in [3.8, 4) is 5.75 Å². The van der Waals surface area contributed by atoms with Crippen LogP contribution in [0.4, 0.5) is 0 Å². The van der Waals surface area contributed by atoms with Crippen LogP contribution in [-0.4, -0.2) is 32.4 Å². The molecule has 1 radical (unpaired) electrons. The first-order chi connectivity index (χ1) is 14.5. The molecule has 1 saturated heterocycles. The second-order valence-corrected chi connectivity index (χ2v) is 9.32. The van der Waals surface area contributed by atoms with Crippen LogP contribution < -0.4 is 4.74 Å². The Morgan fingerprint density at radius 1 is 1.17 bits per heavy atom. The third-order valence-corrected chi connectivity index (χ3v) is 6.86. The summed E-state index contributed by atoms with van der Waals surface area (Å²) in [6.07, 6.45) is 6.69. The Morgan fingerprint density at radius 2 is 1.97 bits per heavy atom. The van der Waals surface area contributed by atoms with Crippen LogP contribution >= 0.6 is 0 Å². The number of hydrogen-bond donors (Lipinski definition) is 0. The molecule has 0 saturated carbocycles. The molecule has 6 heteroatoms. The molecule has 0 bridgehead atoms. The number of nitrogens with zero attached hydrogens (tertiary/aromatic N) is 1. The number of likely N-dealkylation sites (tertiary alicyclic amines) is 1. The molecule has 30 heavy (non-hydrogen) atoms. The van der Waals surface area contributed by atoms with E-state index in [9.17, 15) is 13.2 Å². The van der Waals surface area contributed by atoms with Crippen molar-refractivity contribution in [2.24, 2.45) is 0 Å². The highest BCUT2D eigenvalue weighted by Gasteiger charge is 2.30. The van der Waals surface area contributed by atoms with E-state index in [-0.39, 0.29) is 11.9 Å². The lowest BCUT2D eigenvalue weighted by molar-refractivity contribution is -0.129. The standard InChI is InChI=1S/C24H28NO4S/c1-29-22-15-12-20(13-16-22)19-25-21(14-17-24(25)26)9-5-2-3-8-18-30(27,28)23-10-6-4-7-11-23/h4,6-8,10-12,15-16,18,21H,2-3,5,9,14,17,19H2,1H3/b18-8+. The van der Waals surface area contributed by atoms with Gasteiger partial charge in [-0.2, -0.15) is 0 Å². The van der Waals surface area contributed by atoms with Crippen molar-refractivity contribution >= 4 is 15.7 Å². The third kappa shape index (κ3) is 5.95. The number of amides is 1. The molecule has 2 aromatic carbocycles. The number of sulfone groups is 1. The monoisotopic (exact) mass is 426 g/mol. The minimum atomic E-state index is -3.36. The lowest BCUT2D eigenvalue weighted by Crippen LogP contribution is -2.32. The largest absolute Gasteiger partial charge is 0.497 e. The minimum Gasteiger partial charge on any atom is -0.497 e. The SMILES string of the molecule is COc1c[c]c(CN2C(=O)CCC2CCCC/C=C/S(=O)(=O)c2ccccc2)cc1. The molecular formula is C24H28NO4S. The maximum absolute atomic E-state index is 12.3. The predicted molar refractivity (Wildman–Crippen MR) is 117 cm³/mol. The first-order valence-corrected chi connectivity index (χ1v) is 11.8. The lowest BCUT2D eigenvalue weighted by Gasteiger charge is -2.25. The Labute approximate surface area is 179 Å². The number of rotatable bonds is 10. The van der Waals surface area contributed by atoms with Gasteiger partial charge in [0.25, 0.3) is 0 Å². The Bertz CT molecular complexity index is 952. The van der Waals surface area contributed by atoms with Gasteiger partial charge in [0, 0.05) is 24.4 Å². The quantitative estimate of drug-likeness (QED) is 0.524. The molecule has 0 spiro atoms. The first-order valence-electron chi connectivity index (χ1n) is 10.3. The zero-order valence-electron chi connectivity index (χ0n) is 17.3. The van der Waals surface area contributed by atoms with E-state index >= 15 is 0 Å². The summed E-state index contributed by atoms with van der Waals surface area (Å²) in [5.41, 5.74) is 0.977. The zero-order chi connectivity index (χ0) is 21.4. The molecule has 0 N–H and O–H groups in total. The molecule has 1 amide bonds. The summed E-state index contributed by atoms with van der Waals surface area (Å²) in [7, 11) is -1.74. The number of carbonyl (C=O) groups is 1. The van der Waals surface area contributed by atoms with Crippen LogP contribution in [0.15, 0.2) is 64.9 Å². The van der Waals surface area contributed by atoms with Crippen molar-refractivity contribution in [1.29, 1.82) is 0 Å². The molecule has 0 aliphatic carbocycles. The molecule has 159 valence electrons. The van der Waals surface area contributed by atoms with Gasteiger partial charge in [-0.1, -0.05) is 36.8 Å². The zero-order valence-corrected chi connectivity index (χ0v) is 18.1. The molecule has 2 aromatic rings. The fourth-order valence-electron chi connectivity index (χ4n) is 3.69. The predicted octanol–water partition coefficient (Wildman–Crippen LogP) is 4.53. The average molecular weight is 427 g/mol. The van der Waals surface area contributed by atoms with E-state index in [1.165, 1.54) is 5.41 Å². The summed E-state index contributed by atoms with van der Waals surface area (Å²) in [6.45, 7) is 0.572. The van der Waals surface area contributed by atoms with Gasteiger partial charge >= 0.3 is 0 Å². The van der Waals surface area contributed by atoms with E-state index in [2.05, 4.69) is 6.07 Å². The van der Waals surface area contributed by atoms with E-state index in [1.807, 2.05) is 17.0 Å². The fourth-order valence-corrected chi connectivity index (χ4v) is 4.77. The number of allylic oxidation sites excluding steroid dienone is 1. The number of benzene rings is 2. The Balaban J connectivity index is 1.45. The third-order valence-electron chi connectivity index (χ3n) is 5.38. The fraction of sp³-hybridized carbons (Fsp3) is 0.375. The minimum absolute atomic E-state index is 0.193. The van der Waals surface area contributed by atoms with Gasteiger partial charge in [0.05, 0.1) is 12.0 Å². The maximum Gasteiger partial charge on any atom is 0.223 e. The molecule has 3 rings (SSSR count). The second-order valence-electron chi connectivity index (χ2n) is 7.48. The van der Waals surface area contributed by atoms with E-state index in [0.29, 0.717) is 24.3 Å². The van der Waals surface area contributed by atoms with Crippen LogP contribution in [-0.2, 0) is 21.2 Å². The van der Waals surface area contributed by atoms with Crippen molar-refractivity contribution in [1.82, 2.24) is 4.90 Å². The topological polar surface area (TPSA) is 63.7 Å². The average Bonchev–Trinajstić information content (AvgIpc) is 3.11. The van der Waals surface area contributed by atoms with Gasteiger partial charge in [0.2, 0.25) is 5.91 Å². The van der Waals surface area contributed by atoms with Gasteiger partial charge in [0.1, 0.15) is 5.75 Å². The number of hydrogen-bond acceptors (Lipinski definition) is 4. The molecule has 1 unspecified atom stereocenters. The van der Waals surface area contributed by atoms with Crippen LogP contribution in [0.25, 0.3) is 0 Å². The Morgan fingerprint density at radius 3 is 2.67 bits per heavy atom. The normalized spacial score (nSPS) is 17.0. The van der Waals surface area contributed by atoms with E-state index in [4.69, 9.17) is 4.74 Å². The molecule has 1 aliphatic rings. The molecule has 1 atom stereocenters. The summed E-state index contributed by atoms with van der Waals surface area (Å²) in [4.78, 5) is 14.6. The number of methoxy groups -OCH3 is 1. The lowest BCUT2D eigenvalue weighted by atomic mass is 10.1. The van der Waals surface area contributed by atoms with Gasteiger partial charge < -0.3 is 9.64 Å². The summed E-state index contributed by atoms with van der Waals surface area (Å²) in [6, 6.07) is 17.5. The smallest absolute Gasteiger partial charge is 0.223 e. The van der Waals surface area contributed by atoms with Gasteiger partial charge in [-0.25, -0.2) is 8.42 Å². The summed E-state index contributed by atoms with van der Waals surface area (Å²) in [5, 5.41) is 1.30. The van der Waals surface area contributed by atoms with Crippen LogP contribution in [0.3, 0.4) is 0 Å². The Hall–Kier alpha value is -2.60. The van der Waals surface area contributed by atoms with Gasteiger partial charge in [-0.15, -0.1) is 0 Å². The second kappa shape index (κ2) is 10.4. The molecule has 5 nitrogen and oxygen atoms in total. The molecule has 1 heterocycles. The van der Waals surface area contributed by atoms with Crippen LogP contribution in [0.2, 0.25) is 0 Å². The van der Waals surface area contributed by atoms with Gasteiger partial charge in [-0.05, 0) is 61.6 Å². The molecule has 1 fully saturated rings. The van der Waals surface area contributed by atoms with Crippen molar-refractivity contribution in [2.75, 3.05) is 7.11 Å². The van der Waals surface area contributed by atoms with Crippen LogP contribution in [0.5, 0.6) is 5.75 Å². The van der Waals surface area contributed by atoms with Crippen molar-refractivity contribution < 1.29 is 17.9 Å². The first kappa shape index (κ1) is 22.1. The molecule has 1 aliphatic heterocycles. The summed E-state index contributed by atoms with van der Waals surface area (Å²) < 4.78 is 29.6. The highest BCUT2D eigenvalue weighted by atomic mass is 32.2. The highest BCUT2D eigenvalue weighted by molar-refractivity contribution is 7.94. The maximum atomic E-state index is 12.3. The van der Waals surface area contributed by atoms with Crippen molar-refractivity contribution in [2.45, 2.75) is 56.0 Å². The van der Waals surface area contributed by atoms with Gasteiger partial charge in [-0.3, -0.25) is 4.79 Å². The van der Waals surface area contributed by atoms with Crippen molar-refractivity contribution in [3.05, 3.63) is 71.6 Å². The Kier molecular flexibility index (Phi) is 7.69. The van der Waals surface area contributed by atoms with Crippen LogP contribution in [0.1, 0.15) is 44.1 Å². The van der Waals surface area contributed by atoms with Crippen molar-refractivity contribution in [3.63, 3.8) is 0 Å². The molecule has 0 aromatic heterocycles. The summed E-state index contributed by atoms with van der Waals surface area (Å²) in [5.74, 6) is 0.948. The van der Waals surface area contributed by atoms with Crippen LogP contribution in [0, 0.1) is 6.07 Å². The van der Waals surface area contributed by atoms with E-state index in [1.54, 1.807) is 49.6 Å².